The molecular weight excluding hydrogens is 386 g/mol. The first-order valence-corrected chi connectivity index (χ1v) is 9.42. The molecule has 0 aliphatic carbocycles. The van der Waals surface area contributed by atoms with E-state index >= 15 is 0 Å². The number of hydrogen-bond donors (Lipinski definition) is 2. The molecule has 0 atom stereocenters. The third kappa shape index (κ3) is 4.32. The molecule has 1 aromatic carbocycles. The Morgan fingerprint density at radius 2 is 2.15 bits per heavy atom. The van der Waals surface area contributed by atoms with Crippen molar-refractivity contribution in [2.24, 2.45) is 0 Å². The standard InChI is InChI=1S/C18H17N3O4S2/c1-25-17(24)11-4-5-13-14(9-11)20-18(26)21(16(13)23)7-6-15(22)19-10-12-3-2-8-27-12/h2-5,8-9H,6-7,10H2,1H3,(H,19,22)(H,20,26). The van der Waals surface area contributed by atoms with E-state index in [1.54, 1.807) is 17.4 Å². The molecule has 0 unspecified atom stereocenters. The second-order valence-electron chi connectivity index (χ2n) is 5.74. The van der Waals surface area contributed by atoms with Crippen molar-refractivity contribution in [1.29, 1.82) is 0 Å². The summed E-state index contributed by atoms with van der Waals surface area (Å²) in [5.74, 6) is -0.659. The summed E-state index contributed by atoms with van der Waals surface area (Å²) in [6, 6.07) is 8.45. The van der Waals surface area contributed by atoms with Crippen LogP contribution in [0, 0.1) is 4.77 Å². The van der Waals surface area contributed by atoms with Gasteiger partial charge < -0.3 is 15.0 Å². The van der Waals surface area contributed by atoms with Gasteiger partial charge in [0.1, 0.15) is 0 Å². The molecule has 2 N–H and O–H groups in total. The monoisotopic (exact) mass is 403 g/mol. The number of thiophene rings is 1. The first kappa shape index (κ1) is 19.0. The SMILES string of the molecule is COC(=O)c1ccc2c(=O)n(CCC(=O)NCc3cccs3)c(=S)[nH]c2c1. The third-order valence-corrected chi connectivity index (χ3v) is 5.20. The molecule has 1 amide bonds. The van der Waals surface area contributed by atoms with E-state index in [-0.39, 0.29) is 29.2 Å². The fourth-order valence-corrected chi connectivity index (χ4v) is 3.53. The number of carbonyl (C=O) groups is 2. The van der Waals surface area contributed by atoms with Crippen molar-refractivity contribution >= 4 is 46.3 Å². The van der Waals surface area contributed by atoms with Crippen LogP contribution in [0.1, 0.15) is 21.7 Å². The molecule has 3 aromatic rings. The van der Waals surface area contributed by atoms with E-state index in [9.17, 15) is 14.4 Å². The lowest BCUT2D eigenvalue weighted by Gasteiger charge is -2.09. The van der Waals surface area contributed by atoms with Gasteiger partial charge in [-0.05, 0) is 41.9 Å². The van der Waals surface area contributed by atoms with Crippen LogP contribution in [-0.4, -0.2) is 28.5 Å². The molecule has 0 saturated carbocycles. The quantitative estimate of drug-likeness (QED) is 0.487. The smallest absolute Gasteiger partial charge is 0.337 e. The molecule has 0 saturated heterocycles. The Kier molecular flexibility index (Phi) is 5.82. The van der Waals surface area contributed by atoms with Gasteiger partial charge >= 0.3 is 5.97 Å². The fraction of sp³-hybridized carbons (Fsp3) is 0.222. The maximum atomic E-state index is 12.7. The lowest BCUT2D eigenvalue weighted by atomic mass is 10.1. The number of H-pyrrole nitrogens is 1. The number of hydrogen-bond acceptors (Lipinski definition) is 6. The molecule has 3 rings (SSSR count). The second kappa shape index (κ2) is 8.28. The Balaban J connectivity index is 1.76. The molecule has 7 nitrogen and oxygen atoms in total. The van der Waals surface area contributed by atoms with Crippen molar-refractivity contribution in [3.05, 3.63) is 61.3 Å². The first-order chi connectivity index (χ1) is 13.0. The summed E-state index contributed by atoms with van der Waals surface area (Å²) in [6.07, 6.45) is 0.133. The zero-order valence-corrected chi connectivity index (χ0v) is 16.1. The number of nitrogens with one attached hydrogen (secondary N) is 2. The highest BCUT2D eigenvalue weighted by Gasteiger charge is 2.11. The minimum atomic E-state index is -0.497. The van der Waals surface area contributed by atoms with Crippen LogP contribution < -0.4 is 10.9 Å². The molecule has 2 aromatic heterocycles. The first-order valence-electron chi connectivity index (χ1n) is 8.14. The fourth-order valence-electron chi connectivity index (χ4n) is 2.60. The van der Waals surface area contributed by atoms with Crippen molar-refractivity contribution in [3.8, 4) is 0 Å². The highest BCUT2D eigenvalue weighted by molar-refractivity contribution is 7.71. The van der Waals surface area contributed by atoms with Gasteiger partial charge in [-0.3, -0.25) is 14.2 Å². The number of benzene rings is 1. The maximum absolute atomic E-state index is 12.7. The minimum absolute atomic E-state index is 0.133. The number of fused-ring (bicyclic) bond motifs is 1. The summed E-state index contributed by atoms with van der Waals surface area (Å²) in [5, 5.41) is 5.15. The van der Waals surface area contributed by atoms with Gasteiger partial charge in [0, 0.05) is 17.8 Å². The number of amides is 1. The molecule has 0 radical (unpaired) electrons. The average molecular weight is 403 g/mol. The molecule has 0 aliphatic heterocycles. The lowest BCUT2D eigenvalue weighted by Crippen LogP contribution is -2.28. The zero-order valence-electron chi connectivity index (χ0n) is 14.5. The number of esters is 1. The number of methoxy groups -OCH3 is 1. The van der Waals surface area contributed by atoms with Crippen LogP contribution >= 0.6 is 23.6 Å². The summed E-state index contributed by atoms with van der Waals surface area (Å²) in [7, 11) is 1.29. The van der Waals surface area contributed by atoms with Gasteiger partial charge in [0.25, 0.3) is 5.56 Å². The van der Waals surface area contributed by atoms with Crippen molar-refractivity contribution in [3.63, 3.8) is 0 Å². The van der Waals surface area contributed by atoms with Gasteiger partial charge in [-0.2, -0.15) is 0 Å². The van der Waals surface area contributed by atoms with Crippen LogP contribution in [0.4, 0.5) is 0 Å². The van der Waals surface area contributed by atoms with Gasteiger partial charge in [0.05, 0.1) is 30.1 Å². The minimum Gasteiger partial charge on any atom is -0.465 e. The Bertz CT molecular complexity index is 1100. The van der Waals surface area contributed by atoms with E-state index < -0.39 is 5.97 Å². The largest absolute Gasteiger partial charge is 0.465 e. The average Bonchev–Trinajstić information content (AvgIpc) is 3.18. The van der Waals surface area contributed by atoms with E-state index in [1.807, 2.05) is 17.5 Å². The Labute approximate surface area is 163 Å². The predicted molar refractivity (Wildman–Crippen MR) is 106 cm³/mol. The Morgan fingerprint density at radius 3 is 2.85 bits per heavy atom. The van der Waals surface area contributed by atoms with E-state index in [2.05, 4.69) is 15.0 Å². The number of aromatic nitrogens is 2. The van der Waals surface area contributed by atoms with Crippen molar-refractivity contribution in [2.75, 3.05) is 7.11 Å². The van der Waals surface area contributed by atoms with Crippen LogP contribution in [0.5, 0.6) is 0 Å². The number of aromatic amines is 1. The van der Waals surface area contributed by atoms with Crippen LogP contribution in [-0.2, 0) is 22.6 Å². The highest BCUT2D eigenvalue weighted by atomic mass is 32.1. The van der Waals surface area contributed by atoms with Gasteiger partial charge in [-0.15, -0.1) is 11.3 Å². The van der Waals surface area contributed by atoms with Crippen LogP contribution in [0.25, 0.3) is 10.9 Å². The Morgan fingerprint density at radius 1 is 1.33 bits per heavy atom. The van der Waals surface area contributed by atoms with Gasteiger partial charge in [0.15, 0.2) is 4.77 Å². The summed E-state index contributed by atoms with van der Waals surface area (Å²) in [5.41, 5.74) is 0.461. The number of rotatable bonds is 6. The second-order valence-corrected chi connectivity index (χ2v) is 7.16. The van der Waals surface area contributed by atoms with Gasteiger partial charge in [-0.25, -0.2) is 4.79 Å². The Hall–Kier alpha value is -2.78. The summed E-state index contributed by atoms with van der Waals surface area (Å²) >= 11 is 6.81. The summed E-state index contributed by atoms with van der Waals surface area (Å²) in [4.78, 5) is 40.3. The number of ether oxygens (including phenoxy) is 1. The van der Waals surface area contributed by atoms with Crippen LogP contribution in [0.3, 0.4) is 0 Å². The van der Waals surface area contributed by atoms with Crippen molar-refractivity contribution in [1.82, 2.24) is 14.9 Å². The molecule has 0 fully saturated rings. The molecule has 140 valence electrons. The zero-order chi connectivity index (χ0) is 19.4. The molecule has 0 aliphatic rings. The molecular formula is C18H17N3O4S2. The van der Waals surface area contributed by atoms with Crippen molar-refractivity contribution in [2.45, 2.75) is 19.5 Å². The molecule has 27 heavy (non-hydrogen) atoms. The van der Waals surface area contributed by atoms with Crippen LogP contribution in [0.15, 0.2) is 40.5 Å². The van der Waals surface area contributed by atoms with E-state index in [4.69, 9.17) is 12.2 Å². The number of carbonyl (C=O) groups excluding carboxylic acids is 2. The molecule has 2 heterocycles. The molecule has 0 bridgehead atoms. The van der Waals surface area contributed by atoms with E-state index in [0.29, 0.717) is 23.0 Å². The topological polar surface area (TPSA) is 93.2 Å². The summed E-state index contributed by atoms with van der Waals surface area (Å²) < 4.78 is 6.22. The lowest BCUT2D eigenvalue weighted by molar-refractivity contribution is -0.121. The molecule has 9 heteroatoms. The van der Waals surface area contributed by atoms with Crippen LogP contribution in [0.2, 0.25) is 0 Å². The summed E-state index contributed by atoms with van der Waals surface area (Å²) in [6.45, 7) is 0.630. The number of nitrogens with zero attached hydrogens (tertiary/aromatic N) is 1. The molecule has 0 spiro atoms. The van der Waals surface area contributed by atoms with E-state index in [0.717, 1.165) is 4.88 Å². The normalized spacial score (nSPS) is 10.7. The third-order valence-electron chi connectivity index (χ3n) is 4.01. The van der Waals surface area contributed by atoms with Gasteiger partial charge in [-0.1, -0.05) is 6.07 Å². The van der Waals surface area contributed by atoms with E-state index in [1.165, 1.54) is 23.8 Å². The van der Waals surface area contributed by atoms with Crippen molar-refractivity contribution < 1.29 is 14.3 Å². The predicted octanol–water partition coefficient (Wildman–Crippen LogP) is 2.61. The van der Waals surface area contributed by atoms with Gasteiger partial charge in [0.2, 0.25) is 5.91 Å². The maximum Gasteiger partial charge on any atom is 0.337 e. The highest BCUT2D eigenvalue weighted by Crippen LogP contribution is 2.12.